The monoisotopic (exact) mass is 352 g/mol. The molecule has 2 aromatic rings. The zero-order valence-corrected chi connectivity index (χ0v) is 15.3. The van der Waals surface area contributed by atoms with Crippen molar-refractivity contribution in [3.63, 3.8) is 0 Å². The van der Waals surface area contributed by atoms with Gasteiger partial charge >= 0.3 is 5.97 Å². The Balaban J connectivity index is 1.52. The van der Waals surface area contributed by atoms with Crippen molar-refractivity contribution >= 4 is 11.8 Å². The lowest BCUT2D eigenvalue weighted by atomic mass is 10.0. The quantitative estimate of drug-likeness (QED) is 0.560. The van der Waals surface area contributed by atoms with Gasteiger partial charge in [0, 0.05) is 12.0 Å². The zero-order valence-electron chi connectivity index (χ0n) is 15.3. The van der Waals surface area contributed by atoms with Crippen LogP contribution in [0.5, 0.6) is 5.75 Å². The van der Waals surface area contributed by atoms with Crippen LogP contribution in [0.3, 0.4) is 0 Å². The SMILES string of the molecule is COc1ccc(CCC(=O)OC(C)C(=O)c2ccc3c(c2)CCC3)cc1. The van der Waals surface area contributed by atoms with Crippen LogP contribution in [0.15, 0.2) is 42.5 Å². The first-order chi connectivity index (χ1) is 12.6. The van der Waals surface area contributed by atoms with Crippen LogP contribution in [0.2, 0.25) is 0 Å². The fraction of sp³-hybridized carbons (Fsp3) is 0.364. The van der Waals surface area contributed by atoms with E-state index in [1.54, 1.807) is 14.0 Å². The van der Waals surface area contributed by atoms with E-state index in [2.05, 4.69) is 0 Å². The molecule has 0 amide bonds. The van der Waals surface area contributed by atoms with Crippen molar-refractivity contribution in [3.05, 3.63) is 64.7 Å². The second-order valence-electron chi connectivity index (χ2n) is 6.68. The Morgan fingerprint density at radius 3 is 2.50 bits per heavy atom. The van der Waals surface area contributed by atoms with Gasteiger partial charge in [-0.25, -0.2) is 0 Å². The minimum Gasteiger partial charge on any atom is -0.497 e. The maximum atomic E-state index is 12.5. The van der Waals surface area contributed by atoms with Crippen molar-refractivity contribution in [2.24, 2.45) is 0 Å². The number of aryl methyl sites for hydroxylation is 3. The third-order valence-electron chi connectivity index (χ3n) is 4.84. The summed E-state index contributed by atoms with van der Waals surface area (Å²) in [6, 6.07) is 13.4. The number of ether oxygens (including phenoxy) is 2. The first kappa shape index (κ1) is 18.2. The van der Waals surface area contributed by atoms with Gasteiger partial charge in [0.2, 0.25) is 5.78 Å². The van der Waals surface area contributed by atoms with Gasteiger partial charge in [0.1, 0.15) is 5.75 Å². The van der Waals surface area contributed by atoms with E-state index in [0.717, 1.165) is 30.6 Å². The number of benzene rings is 2. The molecule has 0 aliphatic heterocycles. The molecule has 0 N–H and O–H groups in total. The molecular formula is C22H24O4. The summed E-state index contributed by atoms with van der Waals surface area (Å²) in [6.07, 6.45) is 3.30. The number of carbonyl (C=O) groups is 2. The van der Waals surface area contributed by atoms with Gasteiger partial charge in [-0.2, -0.15) is 0 Å². The minimum atomic E-state index is -0.766. The van der Waals surface area contributed by atoms with Gasteiger partial charge in [0.15, 0.2) is 6.10 Å². The van der Waals surface area contributed by atoms with Crippen LogP contribution in [-0.4, -0.2) is 25.0 Å². The van der Waals surface area contributed by atoms with Crippen LogP contribution in [0.4, 0.5) is 0 Å². The summed E-state index contributed by atoms with van der Waals surface area (Å²) in [6.45, 7) is 1.64. The summed E-state index contributed by atoms with van der Waals surface area (Å²) in [4.78, 5) is 24.6. The van der Waals surface area contributed by atoms with E-state index in [0.29, 0.717) is 12.0 Å². The second kappa shape index (κ2) is 8.17. The summed E-state index contributed by atoms with van der Waals surface area (Å²) in [5, 5.41) is 0. The normalized spacial score (nSPS) is 13.8. The molecule has 1 aliphatic carbocycles. The molecule has 1 atom stereocenters. The molecule has 1 unspecified atom stereocenters. The summed E-state index contributed by atoms with van der Waals surface area (Å²) in [5.74, 6) is 0.283. The predicted octanol–water partition coefficient (Wildman–Crippen LogP) is 3.93. The van der Waals surface area contributed by atoms with E-state index in [4.69, 9.17) is 9.47 Å². The second-order valence-corrected chi connectivity index (χ2v) is 6.68. The molecule has 4 nitrogen and oxygen atoms in total. The van der Waals surface area contributed by atoms with Gasteiger partial charge in [0.05, 0.1) is 7.11 Å². The van der Waals surface area contributed by atoms with Gasteiger partial charge in [0.25, 0.3) is 0 Å². The molecule has 1 aliphatic rings. The first-order valence-electron chi connectivity index (χ1n) is 9.05. The van der Waals surface area contributed by atoms with Crippen molar-refractivity contribution < 1.29 is 19.1 Å². The topological polar surface area (TPSA) is 52.6 Å². The number of hydrogen-bond donors (Lipinski definition) is 0. The van der Waals surface area contributed by atoms with E-state index >= 15 is 0 Å². The lowest BCUT2D eigenvalue weighted by molar-refractivity contribution is -0.146. The Labute approximate surface area is 154 Å². The van der Waals surface area contributed by atoms with Crippen molar-refractivity contribution in [1.82, 2.24) is 0 Å². The molecule has 0 spiro atoms. The number of ketones is 1. The zero-order chi connectivity index (χ0) is 18.5. The van der Waals surface area contributed by atoms with Gasteiger partial charge in [-0.1, -0.05) is 24.3 Å². The summed E-state index contributed by atoms with van der Waals surface area (Å²) in [5.41, 5.74) is 4.22. The van der Waals surface area contributed by atoms with Crippen molar-refractivity contribution in [2.45, 2.75) is 45.1 Å². The molecule has 3 rings (SSSR count). The Hall–Kier alpha value is -2.62. The molecule has 0 saturated heterocycles. The molecule has 0 radical (unpaired) electrons. The molecular weight excluding hydrogens is 328 g/mol. The number of esters is 1. The van der Waals surface area contributed by atoms with Crippen molar-refractivity contribution in [2.75, 3.05) is 7.11 Å². The molecule has 2 aromatic carbocycles. The predicted molar refractivity (Wildman–Crippen MR) is 99.7 cm³/mol. The molecule has 0 fully saturated rings. The van der Waals surface area contributed by atoms with Gasteiger partial charge in [-0.15, -0.1) is 0 Å². The van der Waals surface area contributed by atoms with E-state index in [9.17, 15) is 9.59 Å². The number of Topliss-reactive ketones (excluding diaryl/α,β-unsaturated/α-hetero) is 1. The average Bonchev–Trinajstić information content (AvgIpc) is 3.13. The largest absolute Gasteiger partial charge is 0.497 e. The van der Waals surface area contributed by atoms with Crippen LogP contribution >= 0.6 is 0 Å². The highest BCUT2D eigenvalue weighted by Crippen LogP contribution is 2.23. The van der Waals surface area contributed by atoms with Crippen LogP contribution in [0.1, 0.15) is 46.8 Å². The summed E-state index contributed by atoms with van der Waals surface area (Å²) < 4.78 is 10.5. The lowest BCUT2D eigenvalue weighted by Gasteiger charge is -2.13. The van der Waals surface area contributed by atoms with Crippen molar-refractivity contribution in [1.29, 1.82) is 0 Å². The van der Waals surface area contributed by atoms with Crippen LogP contribution in [-0.2, 0) is 28.8 Å². The Morgan fingerprint density at radius 2 is 1.77 bits per heavy atom. The maximum absolute atomic E-state index is 12.5. The molecule has 26 heavy (non-hydrogen) atoms. The molecule has 4 heteroatoms. The smallest absolute Gasteiger partial charge is 0.306 e. The third-order valence-corrected chi connectivity index (χ3v) is 4.84. The number of hydrogen-bond acceptors (Lipinski definition) is 4. The van der Waals surface area contributed by atoms with E-state index in [1.165, 1.54) is 11.1 Å². The Bertz CT molecular complexity index is 792. The maximum Gasteiger partial charge on any atom is 0.306 e. The van der Waals surface area contributed by atoms with Gasteiger partial charge < -0.3 is 9.47 Å². The number of carbonyl (C=O) groups excluding carboxylic acids is 2. The van der Waals surface area contributed by atoms with E-state index in [1.807, 2.05) is 42.5 Å². The van der Waals surface area contributed by atoms with Crippen molar-refractivity contribution in [3.8, 4) is 5.75 Å². The van der Waals surface area contributed by atoms with Gasteiger partial charge in [-0.05, 0) is 67.5 Å². The highest BCUT2D eigenvalue weighted by atomic mass is 16.5. The molecule has 0 saturated carbocycles. The van der Waals surface area contributed by atoms with Crippen LogP contribution in [0, 0.1) is 0 Å². The number of fused-ring (bicyclic) bond motifs is 1. The fourth-order valence-electron chi connectivity index (χ4n) is 3.31. The van der Waals surface area contributed by atoms with E-state index < -0.39 is 6.10 Å². The first-order valence-corrected chi connectivity index (χ1v) is 9.05. The highest BCUT2D eigenvalue weighted by molar-refractivity contribution is 6.00. The average molecular weight is 352 g/mol. The summed E-state index contributed by atoms with van der Waals surface area (Å²) >= 11 is 0. The molecule has 0 bridgehead atoms. The summed E-state index contributed by atoms with van der Waals surface area (Å²) in [7, 11) is 1.62. The fourth-order valence-corrected chi connectivity index (χ4v) is 3.31. The highest BCUT2D eigenvalue weighted by Gasteiger charge is 2.21. The molecule has 0 aromatic heterocycles. The lowest BCUT2D eigenvalue weighted by Crippen LogP contribution is -2.24. The van der Waals surface area contributed by atoms with Crippen LogP contribution in [0.25, 0.3) is 0 Å². The minimum absolute atomic E-state index is 0.141. The van der Waals surface area contributed by atoms with Gasteiger partial charge in [-0.3, -0.25) is 9.59 Å². The Kier molecular flexibility index (Phi) is 5.71. The molecule has 136 valence electrons. The molecule has 0 heterocycles. The van der Waals surface area contributed by atoms with Crippen LogP contribution < -0.4 is 4.74 Å². The standard InChI is InChI=1S/C22H24O4/c1-15(22(24)19-10-9-17-4-3-5-18(17)14-19)26-21(23)13-8-16-6-11-20(25-2)12-7-16/h6-7,9-12,14-15H,3-5,8,13H2,1-2H3. The number of methoxy groups -OCH3 is 1. The van der Waals surface area contributed by atoms with E-state index in [-0.39, 0.29) is 18.2 Å². The Morgan fingerprint density at radius 1 is 1.04 bits per heavy atom. The third kappa shape index (κ3) is 4.31. The number of rotatable bonds is 7.